The number of nitrogens with two attached hydrogens (primary N) is 1. The number of hydrogen-bond acceptors (Lipinski definition) is 7. The Morgan fingerprint density at radius 3 is 2.43 bits per heavy atom. The second-order valence-electron chi connectivity index (χ2n) is 11.9. The van der Waals surface area contributed by atoms with E-state index in [0.29, 0.717) is 18.4 Å². The van der Waals surface area contributed by atoms with E-state index in [1.165, 1.54) is 12.1 Å². The Hall–Kier alpha value is -3.77. The molecule has 44 heavy (non-hydrogen) atoms. The van der Waals surface area contributed by atoms with Crippen LogP contribution in [0.1, 0.15) is 67.7 Å². The number of benzene rings is 2. The van der Waals surface area contributed by atoms with Gasteiger partial charge in [0.25, 0.3) is 0 Å². The Labute approximate surface area is 258 Å². The molecule has 0 radical (unpaired) electrons. The van der Waals surface area contributed by atoms with Gasteiger partial charge in [-0.2, -0.15) is 0 Å². The van der Waals surface area contributed by atoms with Crippen molar-refractivity contribution in [2.45, 2.75) is 88.2 Å². The average Bonchev–Trinajstić information content (AvgIpc) is 3.32. The van der Waals surface area contributed by atoms with Crippen LogP contribution in [0.4, 0.5) is 5.69 Å². The lowest BCUT2D eigenvalue weighted by atomic mass is 9.95. The molecule has 4 rings (SSSR count). The molecular formula is C32H42N4O7S. The van der Waals surface area contributed by atoms with Gasteiger partial charge in [-0.3, -0.25) is 24.1 Å². The third kappa shape index (κ3) is 8.03. The Morgan fingerprint density at radius 1 is 1.07 bits per heavy atom. The zero-order chi connectivity index (χ0) is 32.0. The van der Waals surface area contributed by atoms with Gasteiger partial charge >= 0.3 is 0 Å². The number of rotatable bonds is 14. The Balaban J connectivity index is 1.51. The van der Waals surface area contributed by atoms with Crippen LogP contribution in [-0.2, 0) is 54.8 Å². The van der Waals surface area contributed by atoms with E-state index in [0.717, 1.165) is 60.7 Å². The van der Waals surface area contributed by atoms with E-state index >= 15 is 0 Å². The van der Waals surface area contributed by atoms with E-state index in [-0.39, 0.29) is 42.7 Å². The molecule has 11 nitrogen and oxygen atoms in total. The first-order chi connectivity index (χ1) is 20.9. The molecule has 2 aliphatic heterocycles. The smallest absolute Gasteiger partial charge is 0.244 e. The molecule has 0 saturated carbocycles. The predicted molar refractivity (Wildman–Crippen MR) is 165 cm³/mol. The molecule has 0 aromatic heterocycles. The number of anilines is 1. The number of sulfone groups is 1. The summed E-state index contributed by atoms with van der Waals surface area (Å²) in [5.41, 5.74) is 9.90. The number of nitrogens with zero attached hydrogens (tertiary/aromatic N) is 1. The van der Waals surface area contributed by atoms with Gasteiger partial charge in [0.05, 0.1) is 10.6 Å². The SMILES string of the molecule is C[C@H]1CCc2cc(CCCCCO)cc3c2N(C1=O)[C@H](C(=O)N[C@@H](CCC(N)=O)C(=O)NCc1ccc(S(C)(=O)=O)cc1)C3. The fourth-order valence-electron chi connectivity index (χ4n) is 5.90. The van der Waals surface area contributed by atoms with Crippen molar-refractivity contribution >= 4 is 39.2 Å². The summed E-state index contributed by atoms with van der Waals surface area (Å²) >= 11 is 0. The van der Waals surface area contributed by atoms with Crippen molar-refractivity contribution in [2.24, 2.45) is 11.7 Å². The van der Waals surface area contributed by atoms with Crippen molar-refractivity contribution < 1.29 is 32.7 Å². The quantitative estimate of drug-likeness (QED) is 0.231. The maximum absolute atomic E-state index is 13.8. The molecule has 4 amide bonds. The Bertz CT molecular complexity index is 1510. The second kappa shape index (κ2) is 14.3. The molecule has 0 aliphatic carbocycles. The van der Waals surface area contributed by atoms with Gasteiger partial charge in [0.15, 0.2) is 9.84 Å². The summed E-state index contributed by atoms with van der Waals surface area (Å²) in [7, 11) is -3.36. The summed E-state index contributed by atoms with van der Waals surface area (Å²) < 4.78 is 23.5. The number of amides is 4. The number of aliphatic hydroxyl groups is 1. The molecule has 238 valence electrons. The molecule has 5 N–H and O–H groups in total. The van der Waals surface area contributed by atoms with Crippen molar-refractivity contribution in [2.75, 3.05) is 17.8 Å². The molecule has 0 saturated heterocycles. The van der Waals surface area contributed by atoms with Crippen molar-refractivity contribution in [1.29, 1.82) is 0 Å². The molecule has 12 heteroatoms. The van der Waals surface area contributed by atoms with Crippen LogP contribution < -0.4 is 21.3 Å². The minimum Gasteiger partial charge on any atom is -0.396 e. The normalized spacial score (nSPS) is 18.3. The molecule has 0 unspecified atom stereocenters. The highest BCUT2D eigenvalue weighted by atomic mass is 32.2. The number of nitrogens with one attached hydrogen (secondary N) is 2. The summed E-state index contributed by atoms with van der Waals surface area (Å²) in [6.07, 6.45) is 6.09. The van der Waals surface area contributed by atoms with E-state index in [2.05, 4.69) is 22.8 Å². The number of aliphatic hydroxyl groups excluding tert-OH is 1. The third-order valence-corrected chi connectivity index (χ3v) is 9.48. The summed E-state index contributed by atoms with van der Waals surface area (Å²) in [6, 6.07) is 8.37. The van der Waals surface area contributed by atoms with Crippen molar-refractivity contribution in [1.82, 2.24) is 10.6 Å². The first-order valence-corrected chi connectivity index (χ1v) is 17.0. The number of primary amides is 1. The first-order valence-electron chi connectivity index (χ1n) is 15.1. The summed E-state index contributed by atoms with van der Waals surface area (Å²) in [4.78, 5) is 53.9. The molecule has 0 fully saturated rings. The second-order valence-corrected chi connectivity index (χ2v) is 13.9. The maximum atomic E-state index is 13.8. The number of unbranched alkanes of at least 4 members (excludes halogenated alkanes) is 2. The fraction of sp³-hybridized carbons (Fsp3) is 0.500. The number of carbonyl (C=O) groups excluding carboxylic acids is 4. The van der Waals surface area contributed by atoms with Gasteiger partial charge in [-0.15, -0.1) is 0 Å². The summed E-state index contributed by atoms with van der Waals surface area (Å²) in [5.74, 6) is -2.03. The van der Waals surface area contributed by atoms with E-state index < -0.39 is 39.6 Å². The van der Waals surface area contributed by atoms with E-state index in [1.54, 1.807) is 17.0 Å². The Morgan fingerprint density at radius 2 is 1.77 bits per heavy atom. The number of hydrogen-bond donors (Lipinski definition) is 4. The minimum absolute atomic E-state index is 0.0207. The van der Waals surface area contributed by atoms with Crippen LogP contribution >= 0.6 is 0 Å². The highest BCUT2D eigenvalue weighted by molar-refractivity contribution is 7.90. The molecular weight excluding hydrogens is 584 g/mol. The van der Waals surface area contributed by atoms with Gasteiger partial charge in [0.2, 0.25) is 23.6 Å². The van der Waals surface area contributed by atoms with Gasteiger partial charge in [0, 0.05) is 38.2 Å². The highest BCUT2D eigenvalue weighted by Crippen LogP contribution is 2.41. The van der Waals surface area contributed by atoms with Crippen LogP contribution in [0.3, 0.4) is 0 Å². The van der Waals surface area contributed by atoms with Gasteiger partial charge in [-0.1, -0.05) is 37.6 Å². The average molecular weight is 627 g/mol. The van der Waals surface area contributed by atoms with Gasteiger partial charge < -0.3 is 21.5 Å². The standard InChI is InChI=1S/C32H42N4O7S/c1-20-7-10-23-16-22(6-4-3-5-15-37)17-24-18-27(36(29(23)24)32(20)41)31(40)35-26(13-14-28(33)38)30(39)34-19-21-8-11-25(12-9-21)44(2,42)43/h8-9,11-12,16-17,20,26-27,37H,3-7,10,13-15,18-19H2,1-2H3,(H2,33,38)(H,34,39)(H,35,40)/t20-,26-,27-/m0/s1. The van der Waals surface area contributed by atoms with Crippen LogP contribution in [-0.4, -0.2) is 62.1 Å². The molecule has 2 aliphatic rings. The van der Waals surface area contributed by atoms with Gasteiger partial charge in [0.1, 0.15) is 12.1 Å². The van der Waals surface area contributed by atoms with E-state index in [9.17, 15) is 27.6 Å². The highest BCUT2D eigenvalue weighted by Gasteiger charge is 2.43. The van der Waals surface area contributed by atoms with Crippen LogP contribution in [0.2, 0.25) is 0 Å². The zero-order valence-corrected chi connectivity index (χ0v) is 26.1. The molecule has 2 aromatic rings. The monoisotopic (exact) mass is 626 g/mol. The lowest BCUT2D eigenvalue weighted by Gasteiger charge is -2.28. The lowest BCUT2D eigenvalue weighted by molar-refractivity contribution is -0.131. The third-order valence-electron chi connectivity index (χ3n) is 8.36. The van der Waals surface area contributed by atoms with Crippen molar-refractivity contribution in [3.63, 3.8) is 0 Å². The summed E-state index contributed by atoms with van der Waals surface area (Å²) in [5, 5.41) is 14.6. The van der Waals surface area contributed by atoms with Crippen LogP contribution in [0.5, 0.6) is 0 Å². The Kier molecular flexibility index (Phi) is 10.8. The van der Waals surface area contributed by atoms with Crippen molar-refractivity contribution in [3.05, 3.63) is 58.7 Å². The molecule has 2 aromatic carbocycles. The van der Waals surface area contributed by atoms with Crippen LogP contribution in [0.25, 0.3) is 0 Å². The lowest BCUT2D eigenvalue weighted by Crippen LogP contribution is -2.55. The van der Waals surface area contributed by atoms with E-state index in [1.807, 2.05) is 6.92 Å². The topological polar surface area (TPSA) is 176 Å². The molecule has 0 spiro atoms. The zero-order valence-electron chi connectivity index (χ0n) is 25.3. The molecule has 0 bridgehead atoms. The largest absolute Gasteiger partial charge is 0.396 e. The maximum Gasteiger partial charge on any atom is 0.244 e. The predicted octanol–water partition coefficient (Wildman–Crippen LogP) is 1.70. The summed E-state index contributed by atoms with van der Waals surface area (Å²) in [6.45, 7) is 2.11. The number of carbonyl (C=O) groups is 4. The van der Waals surface area contributed by atoms with Crippen LogP contribution in [0.15, 0.2) is 41.3 Å². The van der Waals surface area contributed by atoms with Gasteiger partial charge in [-0.05, 0) is 72.9 Å². The molecule has 3 atom stereocenters. The minimum atomic E-state index is -3.36. The fourth-order valence-corrected chi connectivity index (χ4v) is 6.53. The van der Waals surface area contributed by atoms with Gasteiger partial charge in [-0.25, -0.2) is 8.42 Å². The molecule has 2 heterocycles. The van der Waals surface area contributed by atoms with E-state index in [4.69, 9.17) is 10.8 Å². The number of aryl methyl sites for hydroxylation is 2. The first kappa shape index (κ1) is 33.1. The van der Waals surface area contributed by atoms with Crippen molar-refractivity contribution in [3.8, 4) is 0 Å². The van der Waals surface area contributed by atoms with Crippen LogP contribution in [0, 0.1) is 5.92 Å².